The first-order chi connectivity index (χ1) is 14.4. The quantitative estimate of drug-likeness (QED) is 0.494. The highest BCUT2D eigenvalue weighted by Gasteiger charge is 2.14. The van der Waals surface area contributed by atoms with Crippen LogP contribution in [0.4, 0.5) is 4.39 Å². The van der Waals surface area contributed by atoms with Gasteiger partial charge in [0.15, 0.2) is 0 Å². The molecule has 1 N–H and O–H groups in total. The first kappa shape index (κ1) is 20.0. The maximum Gasteiger partial charge on any atom is 0.125 e. The van der Waals surface area contributed by atoms with Crippen LogP contribution in [0, 0.1) is 26.6 Å². The predicted octanol–water partition coefficient (Wildman–Crippen LogP) is 4.97. The number of nitrogens with one attached hydrogen (secondary N) is 1. The van der Waals surface area contributed by atoms with Crippen molar-refractivity contribution in [2.45, 2.75) is 40.3 Å². The van der Waals surface area contributed by atoms with E-state index in [9.17, 15) is 4.39 Å². The van der Waals surface area contributed by atoms with Crippen LogP contribution in [0.5, 0.6) is 0 Å². The van der Waals surface area contributed by atoms with Gasteiger partial charge in [-0.1, -0.05) is 18.2 Å². The van der Waals surface area contributed by atoms with E-state index < -0.39 is 0 Å². The predicted molar refractivity (Wildman–Crippen MR) is 117 cm³/mol. The molecule has 4 rings (SSSR count). The summed E-state index contributed by atoms with van der Waals surface area (Å²) in [7, 11) is 0. The minimum atomic E-state index is -0.266. The summed E-state index contributed by atoms with van der Waals surface area (Å²) in [5, 5.41) is 12.6. The van der Waals surface area contributed by atoms with Crippen molar-refractivity contribution in [2.24, 2.45) is 0 Å². The van der Waals surface area contributed by atoms with Crippen molar-refractivity contribution in [3.63, 3.8) is 0 Å². The third-order valence-electron chi connectivity index (χ3n) is 5.34. The lowest BCUT2D eigenvalue weighted by molar-refractivity contribution is 0.571. The third-order valence-corrected chi connectivity index (χ3v) is 5.34. The fourth-order valence-electron chi connectivity index (χ4n) is 3.78. The number of rotatable bonds is 6. The molecule has 4 aromatic rings. The van der Waals surface area contributed by atoms with E-state index in [1.807, 2.05) is 30.8 Å². The standard InChI is InChI=1S/C24H26FN5/c1-16-11-17(2)29(28-16)22-9-5-7-20(12-22)14-26-18(3)24-15-27-30(19(24)4)23-10-6-8-21(25)13-23/h5-13,15,18,26H,14H2,1-4H3. The molecule has 6 heteroatoms. The van der Waals surface area contributed by atoms with Crippen LogP contribution in [0.2, 0.25) is 0 Å². The lowest BCUT2D eigenvalue weighted by atomic mass is 10.1. The zero-order chi connectivity index (χ0) is 21.3. The van der Waals surface area contributed by atoms with E-state index >= 15 is 0 Å². The molecule has 2 aromatic carbocycles. The maximum atomic E-state index is 13.6. The van der Waals surface area contributed by atoms with Crippen molar-refractivity contribution in [1.82, 2.24) is 24.9 Å². The minimum Gasteiger partial charge on any atom is -0.306 e. The molecule has 0 amide bonds. The number of aryl methyl sites for hydroxylation is 2. The van der Waals surface area contributed by atoms with E-state index in [4.69, 9.17) is 0 Å². The number of nitrogens with zero attached hydrogens (tertiary/aromatic N) is 4. The SMILES string of the molecule is Cc1cc(C)n(-c2cccc(CNC(C)c3cnn(-c4cccc(F)c4)c3C)c2)n1. The molecule has 0 spiro atoms. The number of benzene rings is 2. The fraction of sp³-hybridized carbons (Fsp3) is 0.250. The Hall–Kier alpha value is -3.25. The Morgan fingerprint density at radius 1 is 0.967 bits per heavy atom. The molecule has 1 atom stereocenters. The van der Waals surface area contributed by atoms with E-state index in [0.29, 0.717) is 0 Å². The number of hydrogen-bond acceptors (Lipinski definition) is 3. The zero-order valence-electron chi connectivity index (χ0n) is 17.7. The van der Waals surface area contributed by atoms with Crippen LogP contribution in [0.1, 0.15) is 41.2 Å². The number of aromatic nitrogens is 4. The van der Waals surface area contributed by atoms with Gasteiger partial charge in [0.05, 0.1) is 23.3 Å². The smallest absolute Gasteiger partial charge is 0.125 e. The van der Waals surface area contributed by atoms with Crippen molar-refractivity contribution in [3.05, 3.63) is 94.8 Å². The zero-order valence-corrected chi connectivity index (χ0v) is 17.7. The van der Waals surface area contributed by atoms with Crippen molar-refractivity contribution < 1.29 is 4.39 Å². The van der Waals surface area contributed by atoms with E-state index in [1.165, 1.54) is 17.7 Å². The molecule has 5 nitrogen and oxygen atoms in total. The molecule has 2 heterocycles. The fourth-order valence-corrected chi connectivity index (χ4v) is 3.78. The molecular formula is C24H26FN5. The van der Waals surface area contributed by atoms with Crippen LogP contribution in [0.25, 0.3) is 11.4 Å². The Bertz CT molecular complexity index is 1170. The topological polar surface area (TPSA) is 47.7 Å². The molecule has 2 aromatic heterocycles. The molecule has 0 aliphatic rings. The molecule has 154 valence electrons. The Morgan fingerprint density at radius 2 is 1.70 bits per heavy atom. The monoisotopic (exact) mass is 403 g/mol. The third kappa shape index (κ3) is 4.04. The van der Waals surface area contributed by atoms with Crippen molar-refractivity contribution in [1.29, 1.82) is 0 Å². The lowest BCUT2D eigenvalue weighted by Crippen LogP contribution is -2.19. The van der Waals surface area contributed by atoms with E-state index in [0.717, 1.165) is 40.6 Å². The van der Waals surface area contributed by atoms with Gasteiger partial charge in [0.1, 0.15) is 5.82 Å². The summed E-state index contributed by atoms with van der Waals surface area (Å²) >= 11 is 0. The van der Waals surface area contributed by atoms with Gasteiger partial charge in [-0.2, -0.15) is 10.2 Å². The van der Waals surface area contributed by atoms with E-state index in [1.54, 1.807) is 10.7 Å². The van der Waals surface area contributed by atoms with Gasteiger partial charge < -0.3 is 5.32 Å². The van der Waals surface area contributed by atoms with Gasteiger partial charge in [0.2, 0.25) is 0 Å². The van der Waals surface area contributed by atoms with Gasteiger partial charge in [-0.25, -0.2) is 13.8 Å². The van der Waals surface area contributed by atoms with Gasteiger partial charge in [0.25, 0.3) is 0 Å². The molecule has 30 heavy (non-hydrogen) atoms. The van der Waals surface area contributed by atoms with Crippen molar-refractivity contribution in [3.8, 4) is 11.4 Å². The van der Waals surface area contributed by atoms with Gasteiger partial charge in [0, 0.05) is 29.5 Å². The highest BCUT2D eigenvalue weighted by Crippen LogP contribution is 2.21. The highest BCUT2D eigenvalue weighted by atomic mass is 19.1. The highest BCUT2D eigenvalue weighted by molar-refractivity contribution is 5.38. The molecule has 0 aliphatic carbocycles. The van der Waals surface area contributed by atoms with Crippen LogP contribution in [-0.4, -0.2) is 19.6 Å². The Balaban J connectivity index is 1.49. The van der Waals surface area contributed by atoms with Gasteiger partial charge >= 0.3 is 0 Å². The summed E-state index contributed by atoms with van der Waals surface area (Å²) in [4.78, 5) is 0. The van der Waals surface area contributed by atoms with Crippen LogP contribution in [-0.2, 0) is 6.54 Å². The average molecular weight is 404 g/mol. The second-order valence-corrected chi connectivity index (χ2v) is 7.69. The number of halogens is 1. The first-order valence-electron chi connectivity index (χ1n) is 10.1. The molecular weight excluding hydrogens is 377 g/mol. The molecule has 0 fully saturated rings. The first-order valence-corrected chi connectivity index (χ1v) is 10.1. The summed E-state index contributed by atoms with van der Waals surface area (Å²) in [5.41, 5.74) is 7.18. The molecule has 1 unspecified atom stereocenters. The Morgan fingerprint density at radius 3 is 2.40 bits per heavy atom. The van der Waals surface area contributed by atoms with Crippen LogP contribution in [0.3, 0.4) is 0 Å². The van der Waals surface area contributed by atoms with Gasteiger partial charge in [-0.05, 0) is 69.7 Å². The number of hydrogen-bond donors (Lipinski definition) is 1. The normalized spacial score (nSPS) is 12.3. The molecule has 0 saturated heterocycles. The van der Waals surface area contributed by atoms with E-state index in [2.05, 4.69) is 59.7 Å². The summed E-state index contributed by atoms with van der Waals surface area (Å²) in [6.07, 6.45) is 1.85. The minimum absolute atomic E-state index is 0.102. The van der Waals surface area contributed by atoms with Crippen LogP contribution >= 0.6 is 0 Å². The summed E-state index contributed by atoms with van der Waals surface area (Å²) in [6, 6.07) is 17.1. The molecule has 0 aliphatic heterocycles. The Labute approximate surface area is 176 Å². The lowest BCUT2D eigenvalue weighted by Gasteiger charge is -2.15. The Kier molecular flexibility index (Phi) is 5.50. The second kappa shape index (κ2) is 8.24. The van der Waals surface area contributed by atoms with Crippen molar-refractivity contribution in [2.75, 3.05) is 0 Å². The molecule has 0 saturated carbocycles. The van der Waals surface area contributed by atoms with E-state index in [-0.39, 0.29) is 11.9 Å². The maximum absolute atomic E-state index is 13.6. The van der Waals surface area contributed by atoms with Crippen LogP contribution < -0.4 is 5.32 Å². The van der Waals surface area contributed by atoms with Gasteiger partial charge in [-0.3, -0.25) is 0 Å². The largest absolute Gasteiger partial charge is 0.306 e. The van der Waals surface area contributed by atoms with Gasteiger partial charge in [-0.15, -0.1) is 0 Å². The summed E-state index contributed by atoms with van der Waals surface area (Å²) in [6.45, 7) is 8.91. The molecule has 0 bridgehead atoms. The summed E-state index contributed by atoms with van der Waals surface area (Å²) < 4.78 is 17.3. The summed E-state index contributed by atoms with van der Waals surface area (Å²) in [5.74, 6) is -0.266. The second-order valence-electron chi connectivity index (χ2n) is 7.69. The van der Waals surface area contributed by atoms with Crippen LogP contribution in [0.15, 0.2) is 60.8 Å². The average Bonchev–Trinajstić information content (AvgIpc) is 3.28. The molecule has 0 radical (unpaired) electrons. The van der Waals surface area contributed by atoms with Crippen molar-refractivity contribution >= 4 is 0 Å².